The summed E-state index contributed by atoms with van der Waals surface area (Å²) in [6.45, 7) is 4.41. The van der Waals surface area contributed by atoms with Crippen molar-refractivity contribution >= 4 is 17.6 Å². The first-order valence-electron chi connectivity index (χ1n) is 8.90. The molecular weight excluding hydrogens is 324 g/mol. The molecule has 5 nitrogen and oxygen atoms in total. The third-order valence-electron chi connectivity index (χ3n) is 4.74. The molecule has 1 N–H and O–H groups in total. The van der Waals surface area contributed by atoms with E-state index in [4.69, 9.17) is 4.42 Å². The topological polar surface area (TPSA) is 46.1 Å². The zero-order chi connectivity index (χ0) is 17.8. The average molecular weight is 347 g/mol. The van der Waals surface area contributed by atoms with Crippen LogP contribution < -0.4 is 9.88 Å². The van der Waals surface area contributed by atoms with E-state index in [-0.39, 0.29) is 0 Å². The number of benzene rings is 2. The molecule has 2 aromatic carbocycles. The number of nitrogens with zero attached hydrogens (tertiary/aromatic N) is 3. The molecule has 1 saturated heterocycles. The summed E-state index contributed by atoms with van der Waals surface area (Å²) in [4.78, 5) is 12.3. The number of likely N-dealkylation sites (N-methyl/N-ethyl adjacent to an activating group) is 1. The Labute approximate surface area is 153 Å². The van der Waals surface area contributed by atoms with Crippen LogP contribution in [0, 0.1) is 0 Å². The number of aromatic amines is 1. The molecule has 26 heavy (non-hydrogen) atoms. The maximum Gasteiger partial charge on any atom is 0.333 e. The van der Waals surface area contributed by atoms with E-state index in [0.717, 1.165) is 48.8 Å². The molecule has 1 aliphatic heterocycles. The van der Waals surface area contributed by atoms with Gasteiger partial charge in [-0.3, -0.25) is 4.99 Å². The molecule has 0 radical (unpaired) electrons. The van der Waals surface area contributed by atoms with Crippen molar-refractivity contribution < 1.29 is 9.40 Å². The number of hydrogen-bond donors (Lipinski definition) is 0. The Morgan fingerprint density at radius 2 is 1.69 bits per heavy atom. The summed E-state index contributed by atoms with van der Waals surface area (Å²) in [5, 5.41) is 0. The third-order valence-corrected chi connectivity index (χ3v) is 4.74. The summed E-state index contributed by atoms with van der Waals surface area (Å²) in [6.07, 6.45) is 5.30. The largest absolute Gasteiger partial charge is 0.404 e. The SMILES string of the molecule is CN1CCN(c2ccc(C=Nc3ccc(-c4c[nH+]co4)cc3)cc2)CC1. The molecule has 0 unspecified atom stereocenters. The summed E-state index contributed by atoms with van der Waals surface area (Å²) >= 11 is 0. The van der Waals surface area contributed by atoms with Gasteiger partial charge < -0.3 is 14.2 Å². The van der Waals surface area contributed by atoms with Gasteiger partial charge in [0.05, 0.1) is 5.69 Å². The zero-order valence-electron chi connectivity index (χ0n) is 14.9. The first kappa shape index (κ1) is 16.5. The lowest BCUT2D eigenvalue weighted by molar-refractivity contribution is -0.383. The maximum atomic E-state index is 5.36. The van der Waals surface area contributed by atoms with Crippen LogP contribution in [0.15, 0.2) is 70.5 Å². The van der Waals surface area contributed by atoms with Gasteiger partial charge in [-0.05, 0) is 49.0 Å². The molecule has 3 aromatic rings. The van der Waals surface area contributed by atoms with E-state index in [0.29, 0.717) is 0 Å². The van der Waals surface area contributed by atoms with Crippen molar-refractivity contribution in [3.63, 3.8) is 0 Å². The molecule has 0 aliphatic carbocycles. The van der Waals surface area contributed by atoms with Crippen LogP contribution in [-0.4, -0.2) is 44.3 Å². The molecule has 4 rings (SSSR count). The molecule has 2 heterocycles. The summed E-state index contributed by atoms with van der Waals surface area (Å²) in [6, 6.07) is 16.6. The standard InChI is InChI=1S/C21H22N4O/c1-24-10-12-25(13-11-24)20-8-2-17(3-9-20)14-23-19-6-4-18(5-7-19)21-15-22-16-26-21/h2-9,14-16H,10-13H2,1H3/p+1. The predicted molar refractivity (Wildman–Crippen MR) is 104 cm³/mol. The summed E-state index contributed by atoms with van der Waals surface area (Å²) in [5.74, 6) is 0.819. The van der Waals surface area contributed by atoms with Crippen molar-refractivity contribution in [1.82, 2.24) is 4.90 Å². The van der Waals surface area contributed by atoms with E-state index in [2.05, 4.69) is 51.1 Å². The maximum absolute atomic E-state index is 5.36. The minimum absolute atomic E-state index is 0.819. The highest BCUT2D eigenvalue weighted by Crippen LogP contribution is 2.22. The van der Waals surface area contributed by atoms with Gasteiger partial charge in [-0.25, -0.2) is 0 Å². The first-order valence-corrected chi connectivity index (χ1v) is 8.90. The molecule has 5 heteroatoms. The number of nitrogens with one attached hydrogen (secondary N) is 1. The lowest BCUT2D eigenvalue weighted by Gasteiger charge is -2.34. The van der Waals surface area contributed by atoms with E-state index in [1.165, 1.54) is 5.69 Å². The van der Waals surface area contributed by atoms with E-state index in [1.54, 1.807) is 6.39 Å². The molecule has 0 spiro atoms. The Bertz CT molecular complexity index is 846. The van der Waals surface area contributed by atoms with Crippen LogP contribution in [-0.2, 0) is 0 Å². The van der Waals surface area contributed by atoms with Crippen molar-refractivity contribution in [2.75, 3.05) is 38.1 Å². The van der Waals surface area contributed by atoms with Crippen molar-refractivity contribution in [1.29, 1.82) is 0 Å². The number of anilines is 1. The van der Waals surface area contributed by atoms with Gasteiger partial charge >= 0.3 is 6.39 Å². The molecular formula is C21H23N4O+. The second-order valence-corrected chi connectivity index (χ2v) is 6.60. The Hall–Kier alpha value is -2.92. The van der Waals surface area contributed by atoms with Gasteiger partial charge in [0.15, 0.2) is 0 Å². The Kier molecular flexibility index (Phi) is 4.80. The zero-order valence-corrected chi connectivity index (χ0v) is 14.9. The molecule has 1 aliphatic rings. The van der Waals surface area contributed by atoms with Gasteiger partial charge in [0.25, 0.3) is 0 Å². The minimum Gasteiger partial charge on any atom is -0.404 e. The van der Waals surface area contributed by atoms with Crippen LogP contribution in [0.1, 0.15) is 5.56 Å². The van der Waals surface area contributed by atoms with E-state index < -0.39 is 0 Å². The number of rotatable bonds is 4. The lowest BCUT2D eigenvalue weighted by Crippen LogP contribution is -2.44. The molecule has 0 amide bonds. The first-order chi connectivity index (χ1) is 12.8. The quantitative estimate of drug-likeness (QED) is 0.681. The van der Waals surface area contributed by atoms with Crippen LogP contribution in [0.25, 0.3) is 11.3 Å². The Morgan fingerprint density at radius 3 is 2.35 bits per heavy atom. The van der Waals surface area contributed by atoms with Crippen molar-refractivity contribution in [2.24, 2.45) is 4.99 Å². The highest BCUT2D eigenvalue weighted by Gasteiger charge is 2.13. The van der Waals surface area contributed by atoms with Gasteiger partial charge in [-0.15, -0.1) is 0 Å². The fourth-order valence-corrected chi connectivity index (χ4v) is 3.09. The molecule has 0 atom stereocenters. The molecule has 0 saturated carbocycles. The monoisotopic (exact) mass is 347 g/mol. The highest BCUT2D eigenvalue weighted by atomic mass is 16.3. The van der Waals surface area contributed by atoms with Crippen LogP contribution in [0.2, 0.25) is 0 Å². The van der Waals surface area contributed by atoms with Crippen LogP contribution in [0.4, 0.5) is 11.4 Å². The predicted octanol–water partition coefficient (Wildman–Crippen LogP) is 3.26. The van der Waals surface area contributed by atoms with Crippen LogP contribution >= 0.6 is 0 Å². The van der Waals surface area contributed by atoms with Crippen molar-refractivity contribution in [3.8, 4) is 11.3 Å². The summed E-state index contributed by atoms with van der Waals surface area (Å²) in [5.41, 5.74) is 4.34. The lowest BCUT2D eigenvalue weighted by atomic mass is 10.1. The molecule has 1 fully saturated rings. The second kappa shape index (κ2) is 7.54. The second-order valence-electron chi connectivity index (χ2n) is 6.60. The van der Waals surface area contributed by atoms with Crippen LogP contribution in [0.5, 0.6) is 0 Å². The average Bonchev–Trinajstić information content (AvgIpc) is 3.23. The molecule has 132 valence electrons. The number of hydrogen-bond acceptors (Lipinski definition) is 4. The molecule has 0 bridgehead atoms. The molecule has 1 aromatic heterocycles. The van der Waals surface area contributed by atoms with Crippen LogP contribution in [0.3, 0.4) is 0 Å². The van der Waals surface area contributed by atoms with E-state index in [9.17, 15) is 0 Å². The number of aromatic nitrogens is 1. The normalized spacial score (nSPS) is 15.7. The fraction of sp³-hybridized carbons (Fsp3) is 0.238. The van der Waals surface area contributed by atoms with Gasteiger partial charge in [-0.1, -0.05) is 12.1 Å². The van der Waals surface area contributed by atoms with Gasteiger partial charge in [-0.2, -0.15) is 4.98 Å². The van der Waals surface area contributed by atoms with Crippen molar-refractivity contribution in [3.05, 3.63) is 66.7 Å². The summed E-state index contributed by atoms with van der Waals surface area (Å²) < 4.78 is 5.36. The fourth-order valence-electron chi connectivity index (χ4n) is 3.09. The summed E-state index contributed by atoms with van der Waals surface area (Å²) in [7, 11) is 2.18. The highest BCUT2D eigenvalue weighted by molar-refractivity contribution is 5.82. The van der Waals surface area contributed by atoms with Gasteiger partial charge in [0, 0.05) is 43.6 Å². The van der Waals surface area contributed by atoms with E-state index in [1.807, 2.05) is 36.7 Å². The smallest absolute Gasteiger partial charge is 0.333 e. The number of H-pyrrole nitrogens is 1. The Balaban J connectivity index is 1.40. The minimum atomic E-state index is 0.819. The van der Waals surface area contributed by atoms with Gasteiger partial charge in [0.1, 0.15) is 0 Å². The van der Waals surface area contributed by atoms with E-state index >= 15 is 0 Å². The Morgan fingerprint density at radius 1 is 0.962 bits per heavy atom. The van der Waals surface area contributed by atoms with Crippen molar-refractivity contribution in [2.45, 2.75) is 0 Å². The van der Waals surface area contributed by atoms with Gasteiger partial charge in [0.2, 0.25) is 12.0 Å². The number of piperazine rings is 1. The number of oxazole rings is 1. The third kappa shape index (κ3) is 3.83. The number of aliphatic imine (C=N–C) groups is 1.